The zero-order valence-corrected chi connectivity index (χ0v) is 12.0. The van der Waals surface area contributed by atoms with Crippen LogP contribution in [-0.2, 0) is 13.8 Å². The van der Waals surface area contributed by atoms with E-state index < -0.39 is 15.0 Å². The van der Waals surface area contributed by atoms with Crippen LogP contribution in [0.2, 0.25) is 0 Å². The number of nitrogens with one attached hydrogen (secondary N) is 1. The molecule has 0 saturated heterocycles. The lowest BCUT2D eigenvalue weighted by Crippen LogP contribution is -2.27. The number of hydrogen-bond donors (Lipinski definition) is 1. The summed E-state index contributed by atoms with van der Waals surface area (Å²) >= 11 is 0. The second-order valence-corrected chi connectivity index (χ2v) is 6.09. The standard InChI is InChI=1S/C11H14ClNO5S/c1-17-6-5-13-11(14)8-3-4-9(18-2)10(7-8)19(12,15)16/h3-4,7H,5-6H2,1-2H3,(H,13,14). The van der Waals surface area contributed by atoms with E-state index in [1.165, 1.54) is 32.4 Å². The van der Waals surface area contributed by atoms with Gasteiger partial charge in [0.05, 0.1) is 13.7 Å². The number of hydrogen-bond acceptors (Lipinski definition) is 5. The summed E-state index contributed by atoms with van der Waals surface area (Å²) in [6.07, 6.45) is 0. The van der Waals surface area contributed by atoms with Crippen LogP contribution in [0.4, 0.5) is 0 Å². The average molecular weight is 308 g/mol. The molecule has 0 unspecified atom stereocenters. The second-order valence-electron chi connectivity index (χ2n) is 3.55. The third kappa shape index (κ3) is 4.38. The highest BCUT2D eigenvalue weighted by Crippen LogP contribution is 2.27. The van der Waals surface area contributed by atoms with E-state index in [0.29, 0.717) is 13.2 Å². The highest BCUT2D eigenvalue weighted by atomic mass is 35.7. The van der Waals surface area contributed by atoms with E-state index in [2.05, 4.69) is 5.32 Å². The van der Waals surface area contributed by atoms with Gasteiger partial charge in [-0.15, -0.1) is 0 Å². The lowest BCUT2D eigenvalue weighted by atomic mass is 10.2. The molecule has 1 N–H and O–H groups in total. The second kappa shape index (κ2) is 6.74. The summed E-state index contributed by atoms with van der Waals surface area (Å²) in [4.78, 5) is 11.5. The summed E-state index contributed by atoms with van der Waals surface area (Å²) < 4.78 is 32.4. The molecule has 19 heavy (non-hydrogen) atoms. The van der Waals surface area contributed by atoms with Gasteiger partial charge in [-0.3, -0.25) is 4.79 Å². The van der Waals surface area contributed by atoms with Gasteiger partial charge in [0.25, 0.3) is 15.0 Å². The highest BCUT2D eigenvalue weighted by Gasteiger charge is 2.19. The Morgan fingerprint density at radius 1 is 1.37 bits per heavy atom. The van der Waals surface area contributed by atoms with E-state index in [0.717, 1.165) is 0 Å². The first kappa shape index (κ1) is 15.7. The molecule has 0 atom stereocenters. The smallest absolute Gasteiger partial charge is 0.265 e. The first-order valence-corrected chi connectivity index (χ1v) is 7.61. The van der Waals surface area contributed by atoms with Gasteiger partial charge in [0.15, 0.2) is 0 Å². The Morgan fingerprint density at radius 2 is 2.05 bits per heavy atom. The van der Waals surface area contributed by atoms with Crippen LogP contribution in [0.15, 0.2) is 23.1 Å². The molecule has 6 nitrogen and oxygen atoms in total. The minimum atomic E-state index is -3.98. The van der Waals surface area contributed by atoms with Gasteiger partial charge in [0.1, 0.15) is 10.6 Å². The number of rotatable bonds is 6. The Kier molecular flexibility index (Phi) is 5.59. The van der Waals surface area contributed by atoms with Crippen molar-refractivity contribution in [3.05, 3.63) is 23.8 Å². The molecule has 0 aliphatic carbocycles. The summed E-state index contributed by atoms with van der Waals surface area (Å²) in [6, 6.07) is 4.00. The highest BCUT2D eigenvalue weighted by molar-refractivity contribution is 8.13. The summed E-state index contributed by atoms with van der Waals surface area (Å²) in [6.45, 7) is 0.687. The van der Waals surface area contributed by atoms with Gasteiger partial charge in [-0.05, 0) is 18.2 Å². The fraction of sp³-hybridized carbons (Fsp3) is 0.364. The minimum absolute atomic E-state index is 0.0865. The molecule has 0 spiro atoms. The molecule has 0 saturated carbocycles. The van der Waals surface area contributed by atoms with Gasteiger partial charge < -0.3 is 14.8 Å². The third-order valence-electron chi connectivity index (χ3n) is 2.28. The quantitative estimate of drug-likeness (QED) is 0.626. The Bertz CT molecular complexity index is 558. The third-order valence-corrected chi connectivity index (χ3v) is 3.62. The first-order chi connectivity index (χ1) is 8.90. The fourth-order valence-electron chi connectivity index (χ4n) is 1.38. The van der Waals surface area contributed by atoms with Crippen molar-refractivity contribution in [3.63, 3.8) is 0 Å². The van der Waals surface area contributed by atoms with Crippen LogP contribution < -0.4 is 10.1 Å². The molecule has 0 bridgehead atoms. The molecule has 0 fully saturated rings. The van der Waals surface area contributed by atoms with E-state index in [4.69, 9.17) is 20.2 Å². The Labute approximate surface area is 116 Å². The van der Waals surface area contributed by atoms with Crippen LogP contribution in [-0.4, -0.2) is 41.7 Å². The first-order valence-electron chi connectivity index (χ1n) is 5.30. The van der Waals surface area contributed by atoms with Gasteiger partial charge >= 0.3 is 0 Å². The van der Waals surface area contributed by atoms with Crippen LogP contribution in [0.3, 0.4) is 0 Å². The lowest BCUT2D eigenvalue weighted by Gasteiger charge is -2.09. The van der Waals surface area contributed by atoms with Crippen molar-refractivity contribution in [2.24, 2.45) is 0 Å². The van der Waals surface area contributed by atoms with Crippen molar-refractivity contribution in [1.29, 1.82) is 0 Å². The average Bonchev–Trinajstić information content (AvgIpc) is 2.37. The maximum Gasteiger partial charge on any atom is 0.265 e. The molecular formula is C11H14ClNO5S. The Balaban J connectivity index is 3.02. The van der Waals surface area contributed by atoms with Gasteiger partial charge in [-0.1, -0.05) is 0 Å². The molecule has 0 heterocycles. The maximum atomic E-state index is 11.8. The zero-order chi connectivity index (χ0) is 14.5. The van der Waals surface area contributed by atoms with Crippen molar-refractivity contribution >= 4 is 25.6 Å². The maximum absolute atomic E-state index is 11.8. The predicted octanol–water partition coefficient (Wildman–Crippen LogP) is 0.999. The SMILES string of the molecule is COCCNC(=O)c1ccc(OC)c(S(=O)(=O)Cl)c1. The van der Waals surface area contributed by atoms with E-state index in [9.17, 15) is 13.2 Å². The monoisotopic (exact) mass is 307 g/mol. The lowest BCUT2D eigenvalue weighted by molar-refractivity contribution is 0.0937. The van der Waals surface area contributed by atoms with Crippen molar-refractivity contribution in [3.8, 4) is 5.75 Å². The van der Waals surface area contributed by atoms with Crippen LogP contribution in [0.5, 0.6) is 5.75 Å². The predicted molar refractivity (Wildman–Crippen MR) is 70.2 cm³/mol. The molecule has 0 radical (unpaired) electrons. The number of benzene rings is 1. The van der Waals surface area contributed by atoms with Gasteiger partial charge in [-0.25, -0.2) is 8.42 Å². The molecule has 0 aliphatic heterocycles. The molecule has 1 rings (SSSR count). The molecule has 1 aromatic carbocycles. The number of amides is 1. The van der Waals surface area contributed by atoms with Gasteiger partial charge in [0.2, 0.25) is 0 Å². The van der Waals surface area contributed by atoms with Crippen LogP contribution in [0.1, 0.15) is 10.4 Å². The minimum Gasteiger partial charge on any atom is -0.495 e. The van der Waals surface area contributed by atoms with E-state index in [1.54, 1.807) is 0 Å². The molecule has 1 aromatic rings. The van der Waals surface area contributed by atoms with E-state index >= 15 is 0 Å². The molecule has 0 aliphatic rings. The number of carbonyl (C=O) groups is 1. The van der Waals surface area contributed by atoms with Crippen LogP contribution in [0, 0.1) is 0 Å². The van der Waals surface area contributed by atoms with Crippen molar-refractivity contribution in [2.45, 2.75) is 4.90 Å². The van der Waals surface area contributed by atoms with Crippen molar-refractivity contribution < 1.29 is 22.7 Å². The molecular weight excluding hydrogens is 294 g/mol. The Hall–Kier alpha value is -1.31. The zero-order valence-electron chi connectivity index (χ0n) is 10.5. The molecule has 106 valence electrons. The number of methoxy groups -OCH3 is 2. The normalized spacial score (nSPS) is 11.1. The number of halogens is 1. The van der Waals surface area contributed by atoms with Crippen LogP contribution in [0.25, 0.3) is 0 Å². The summed E-state index contributed by atoms with van der Waals surface area (Å²) in [7, 11) is 4.13. The fourth-order valence-corrected chi connectivity index (χ4v) is 2.40. The molecule has 1 amide bonds. The topological polar surface area (TPSA) is 81.7 Å². The largest absolute Gasteiger partial charge is 0.495 e. The van der Waals surface area contributed by atoms with E-state index in [1.807, 2.05) is 0 Å². The summed E-state index contributed by atoms with van der Waals surface area (Å²) in [5.41, 5.74) is 0.177. The number of ether oxygens (including phenoxy) is 2. The van der Waals surface area contributed by atoms with Crippen molar-refractivity contribution in [2.75, 3.05) is 27.4 Å². The van der Waals surface area contributed by atoms with Gasteiger partial charge in [-0.2, -0.15) is 0 Å². The van der Waals surface area contributed by atoms with E-state index in [-0.39, 0.29) is 16.2 Å². The summed E-state index contributed by atoms with van der Waals surface area (Å²) in [5, 5.41) is 2.57. The molecule has 8 heteroatoms. The molecule has 0 aromatic heterocycles. The number of carbonyl (C=O) groups excluding carboxylic acids is 1. The van der Waals surface area contributed by atoms with Crippen molar-refractivity contribution in [1.82, 2.24) is 5.32 Å². The Morgan fingerprint density at radius 3 is 2.58 bits per heavy atom. The van der Waals surface area contributed by atoms with Crippen LogP contribution >= 0.6 is 10.7 Å². The summed E-state index contributed by atoms with van der Waals surface area (Å²) in [5.74, 6) is -0.329. The van der Waals surface area contributed by atoms with Gasteiger partial charge in [0, 0.05) is 29.9 Å².